The summed E-state index contributed by atoms with van der Waals surface area (Å²) < 4.78 is 13.0. The van der Waals surface area contributed by atoms with E-state index in [1.165, 1.54) is 5.56 Å². The van der Waals surface area contributed by atoms with Gasteiger partial charge in [0.2, 0.25) is 0 Å². The van der Waals surface area contributed by atoms with Crippen LogP contribution in [0, 0.1) is 0 Å². The van der Waals surface area contributed by atoms with E-state index in [1.54, 1.807) is 0 Å². The standard InChI is InChI=1S/C37H26O2/c1-4-13-26(14-5-1)31-24-23-29(25-28-17-12-22-34-35(28)32-20-10-11-21-33(32)39-34)37(38-30-18-8-3-9-19-30)36(31)27-15-6-2-7-16-27/h1-24H,25H2. The van der Waals surface area contributed by atoms with Crippen LogP contribution >= 0.6 is 0 Å². The van der Waals surface area contributed by atoms with Gasteiger partial charge < -0.3 is 9.15 Å². The summed E-state index contributed by atoms with van der Waals surface area (Å²) in [4.78, 5) is 0. The van der Waals surface area contributed by atoms with Gasteiger partial charge in [-0.15, -0.1) is 0 Å². The molecule has 39 heavy (non-hydrogen) atoms. The Kier molecular flexibility index (Phi) is 5.91. The van der Waals surface area contributed by atoms with Gasteiger partial charge in [0.15, 0.2) is 0 Å². The third-order valence-corrected chi connectivity index (χ3v) is 7.22. The molecule has 0 aliphatic carbocycles. The first kappa shape index (κ1) is 23.1. The average molecular weight is 503 g/mol. The lowest BCUT2D eigenvalue weighted by atomic mass is 9.89. The molecule has 0 bridgehead atoms. The van der Waals surface area contributed by atoms with Gasteiger partial charge in [0.05, 0.1) is 0 Å². The maximum atomic E-state index is 6.79. The molecule has 0 aliphatic heterocycles. The Hall–Kier alpha value is -5.08. The Morgan fingerprint density at radius 2 is 1.13 bits per heavy atom. The molecule has 0 spiro atoms. The first-order valence-corrected chi connectivity index (χ1v) is 13.2. The minimum absolute atomic E-state index is 0.706. The van der Waals surface area contributed by atoms with E-state index in [0.29, 0.717) is 6.42 Å². The number of furan rings is 1. The van der Waals surface area contributed by atoms with Crippen molar-refractivity contribution in [1.29, 1.82) is 0 Å². The summed E-state index contributed by atoms with van der Waals surface area (Å²) in [6.45, 7) is 0. The lowest BCUT2D eigenvalue weighted by Crippen LogP contribution is -1.99. The molecule has 7 aromatic rings. The number of rotatable bonds is 6. The SMILES string of the molecule is c1ccc(Oc2c(Cc3cccc4oc5ccccc5c34)ccc(-c3ccccc3)c2-c2ccccc2)cc1. The van der Waals surface area contributed by atoms with Crippen molar-refractivity contribution >= 4 is 21.9 Å². The summed E-state index contributed by atoms with van der Waals surface area (Å²) >= 11 is 0. The Morgan fingerprint density at radius 3 is 1.90 bits per heavy atom. The number of hydrogen-bond donors (Lipinski definition) is 0. The minimum atomic E-state index is 0.706. The summed E-state index contributed by atoms with van der Waals surface area (Å²) in [7, 11) is 0. The predicted molar refractivity (Wildman–Crippen MR) is 160 cm³/mol. The van der Waals surface area contributed by atoms with E-state index in [-0.39, 0.29) is 0 Å². The minimum Gasteiger partial charge on any atom is -0.456 e. The van der Waals surface area contributed by atoms with Crippen LogP contribution < -0.4 is 4.74 Å². The molecular formula is C37H26O2. The van der Waals surface area contributed by atoms with Gasteiger partial charge in [-0.1, -0.05) is 121 Å². The second-order valence-electron chi connectivity index (χ2n) is 9.69. The van der Waals surface area contributed by atoms with Gasteiger partial charge in [-0.3, -0.25) is 0 Å². The average Bonchev–Trinajstić information content (AvgIpc) is 3.39. The molecule has 0 fully saturated rings. The van der Waals surface area contributed by atoms with Crippen LogP contribution in [0.1, 0.15) is 11.1 Å². The molecule has 0 radical (unpaired) electrons. The van der Waals surface area contributed by atoms with Crippen LogP contribution in [-0.2, 0) is 6.42 Å². The molecule has 2 nitrogen and oxygen atoms in total. The van der Waals surface area contributed by atoms with E-state index in [9.17, 15) is 0 Å². The van der Waals surface area contributed by atoms with Crippen molar-refractivity contribution in [2.45, 2.75) is 6.42 Å². The van der Waals surface area contributed by atoms with Crippen molar-refractivity contribution in [3.05, 3.63) is 157 Å². The lowest BCUT2D eigenvalue weighted by molar-refractivity contribution is 0.479. The van der Waals surface area contributed by atoms with Crippen LogP contribution in [0.2, 0.25) is 0 Å². The molecule has 1 aromatic heterocycles. The Bertz CT molecular complexity index is 1890. The summed E-state index contributed by atoms with van der Waals surface area (Å²) in [5.74, 6) is 1.69. The Balaban J connectivity index is 1.47. The maximum Gasteiger partial charge on any atom is 0.139 e. The number of benzene rings is 6. The fourth-order valence-electron chi connectivity index (χ4n) is 5.44. The highest BCUT2D eigenvalue weighted by molar-refractivity contribution is 6.06. The van der Waals surface area contributed by atoms with E-state index >= 15 is 0 Å². The molecule has 0 saturated carbocycles. The second-order valence-corrected chi connectivity index (χ2v) is 9.69. The number of hydrogen-bond acceptors (Lipinski definition) is 2. The highest BCUT2D eigenvalue weighted by Crippen LogP contribution is 2.44. The zero-order valence-electron chi connectivity index (χ0n) is 21.4. The van der Waals surface area contributed by atoms with E-state index in [1.807, 2.05) is 48.5 Å². The van der Waals surface area contributed by atoms with Gasteiger partial charge in [-0.2, -0.15) is 0 Å². The van der Waals surface area contributed by atoms with Crippen molar-refractivity contribution in [1.82, 2.24) is 0 Å². The molecular weight excluding hydrogens is 476 g/mol. The van der Waals surface area contributed by atoms with Crippen molar-refractivity contribution < 1.29 is 9.15 Å². The third kappa shape index (κ3) is 4.36. The quantitative estimate of drug-likeness (QED) is 0.226. The third-order valence-electron chi connectivity index (χ3n) is 7.22. The summed E-state index contributed by atoms with van der Waals surface area (Å²) in [6.07, 6.45) is 0.706. The van der Waals surface area contributed by atoms with Gasteiger partial charge in [-0.25, -0.2) is 0 Å². The van der Waals surface area contributed by atoms with Crippen LogP contribution in [0.15, 0.2) is 150 Å². The Labute approximate surface area is 227 Å². The zero-order valence-corrected chi connectivity index (χ0v) is 21.4. The molecule has 0 unspecified atom stereocenters. The molecule has 0 saturated heterocycles. The molecule has 0 aliphatic rings. The van der Waals surface area contributed by atoms with Crippen molar-refractivity contribution in [3.63, 3.8) is 0 Å². The molecule has 6 aromatic carbocycles. The molecule has 0 atom stereocenters. The largest absolute Gasteiger partial charge is 0.456 e. The molecule has 0 N–H and O–H groups in total. The Morgan fingerprint density at radius 1 is 0.487 bits per heavy atom. The summed E-state index contributed by atoms with van der Waals surface area (Å²) in [6, 6.07) is 50.2. The van der Waals surface area contributed by atoms with E-state index in [0.717, 1.165) is 61.3 Å². The van der Waals surface area contributed by atoms with Crippen LogP contribution in [0.5, 0.6) is 11.5 Å². The van der Waals surface area contributed by atoms with E-state index < -0.39 is 0 Å². The number of fused-ring (bicyclic) bond motifs is 3. The lowest BCUT2D eigenvalue weighted by Gasteiger charge is -2.20. The highest BCUT2D eigenvalue weighted by Gasteiger charge is 2.20. The number of ether oxygens (including phenoxy) is 1. The van der Waals surface area contributed by atoms with Crippen molar-refractivity contribution in [2.24, 2.45) is 0 Å². The highest BCUT2D eigenvalue weighted by atomic mass is 16.5. The smallest absolute Gasteiger partial charge is 0.139 e. The van der Waals surface area contributed by atoms with Gasteiger partial charge >= 0.3 is 0 Å². The van der Waals surface area contributed by atoms with Crippen molar-refractivity contribution in [2.75, 3.05) is 0 Å². The molecule has 7 rings (SSSR count). The topological polar surface area (TPSA) is 22.4 Å². The zero-order chi connectivity index (χ0) is 26.0. The molecule has 1 heterocycles. The predicted octanol–water partition coefficient (Wildman–Crippen LogP) is 10.3. The van der Waals surface area contributed by atoms with Crippen molar-refractivity contribution in [3.8, 4) is 33.8 Å². The van der Waals surface area contributed by atoms with Gasteiger partial charge in [0.1, 0.15) is 22.7 Å². The van der Waals surface area contributed by atoms with Gasteiger partial charge in [0, 0.05) is 22.8 Å². The van der Waals surface area contributed by atoms with Crippen LogP contribution in [0.25, 0.3) is 44.2 Å². The summed E-state index contributed by atoms with van der Waals surface area (Å²) in [5.41, 5.74) is 8.65. The fraction of sp³-hybridized carbons (Fsp3) is 0.0270. The molecule has 0 amide bonds. The number of para-hydroxylation sites is 2. The second kappa shape index (κ2) is 10.00. The monoisotopic (exact) mass is 502 g/mol. The first-order chi connectivity index (χ1) is 19.3. The normalized spacial score (nSPS) is 11.2. The van der Waals surface area contributed by atoms with Crippen LogP contribution in [0.3, 0.4) is 0 Å². The van der Waals surface area contributed by atoms with E-state index in [4.69, 9.17) is 9.15 Å². The molecule has 2 heteroatoms. The maximum absolute atomic E-state index is 6.79. The van der Waals surface area contributed by atoms with Gasteiger partial charge in [0.25, 0.3) is 0 Å². The first-order valence-electron chi connectivity index (χ1n) is 13.2. The van der Waals surface area contributed by atoms with Crippen LogP contribution in [0.4, 0.5) is 0 Å². The summed E-state index contributed by atoms with van der Waals surface area (Å²) in [5, 5.41) is 2.30. The van der Waals surface area contributed by atoms with Crippen LogP contribution in [-0.4, -0.2) is 0 Å². The van der Waals surface area contributed by atoms with E-state index in [2.05, 4.69) is 97.1 Å². The molecule has 186 valence electrons. The van der Waals surface area contributed by atoms with Gasteiger partial charge in [-0.05, 0) is 52.1 Å². The fourth-order valence-corrected chi connectivity index (χ4v) is 5.44.